The maximum Gasteiger partial charge on any atom is 0.257 e. The first kappa shape index (κ1) is 23.9. The van der Waals surface area contributed by atoms with E-state index in [0.717, 1.165) is 18.7 Å². The molecule has 162 valence electrons. The van der Waals surface area contributed by atoms with Crippen LogP contribution in [0.3, 0.4) is 0 Å². The summed E-state index contributed by atoms with van der Waals surface area (Å²) in [5.41, 5.74) is 8.21. The molecule has 4 rings (SSSR count). The minimum atomic E-state index is -0.0254. The summed E-state index contributed by atoms with van der Waals surface area (Å²) in [6.45, 7) is 5.67. The Labute approximate surface area is 187 Å². The van der Waals surface area contributed by atoms with Crippen LogP contribution in [0.4, 0.5) is 0 Å². The fourth-order valence-electron chi connectivity index (χ4n) is 3.22. The van der Waals surface area contributed by atoms with Gasteiger partial charge in [-0.3, -0.25) is 9.69 Å². The summed E-state index contributed by atoms with van der Waals surface area (Å²) in [6.07, 6.45) is 1.47. The third kappa shape index (κ3) is 5.40. The van der Waals surface area contributed by atoms with Gasteiger partial charge in [-0.15, -0.1) is 24.8 Å². The zero-order valence-corrected chi connectivity index (χ0v) is 18.2. The summed E-state index contributed by atoms with van der Waals surface area (Å²) in [7, 11) is 0. The lowest BCUT2D eigenvalue weighted by atomic mass is 10.1. The number of carbonyl (C=O) groups is 1. The van der Waals surface area contributed by atoms with Crippen molar-refractivity contribution in [2.45, 2.75) is 20.0 Å². The van der Waals surface area contributed by atoms with Crippen LogP contribution in [0, 0.1) is 6.92 Å². The highest BCUT2D eigenvalue weighted by atomic mass is 35.5. The number of halogens is 2. The number of amides is 1. The number of rotatable bonds is 5. The first-order chi connectivity index (χ1) is 13.6. The molecule has 1 amide bonds. The molecular weight excluding hydrogens is 429 g/mol. The van der Waals surface area contributed by atoms with Crippen LogP contribution in [0.1, 0.15) is 27.6 Å². The smallest absolute Gasteiger partial charge is 0.257 e. The summed E-state index contributed by atoms with van der Waals surface area (Å²) in [5.74, 6) is 1.77. The van der Waals surface area contributed by atoms with Crippen LogP contribution < -0.4 is 5.73 Å². The van der Waals surface area contributed by atoms with Crippen molar-refractivity contribution < 1.29 is 13.7 Å². The number of piperazine rings is 1. The van der Waals surface area contributed by atoms with E-state index in [0.29, 0.717) is 42.7 Å². The molecule has 1 aliphatic rings. The van der Waals surface area contributed by atoms with E-state index in [4.69, 9.17) is 14.7 Å². The quantitative estimate of drug-likeness (QED) is 0.633. The SMILES string of the molecule is Cc1ccc(-c2noc(CN3CCN(C(=O)c4coc(CN)c4)CC3)n2)cc1.Cl.Cl. The van der Waals surface area contributed by atoms with Crippen LogP contribution in [-0.4, -0.2) is 52.0 Å². The van der Waals surface area contributed by atoms with E-state index in [1.165, 1.54) is 11.8 Å². The standard InChI is InChI=1S/C20H23N5O3.2ClH/c1-14-2-4-15(5-3-14)19-22-18(28-23-19)12-24-6-8-25(9-7-24)20(26)16-10-17(11-21)27-13-16;;/h2-5,10,13H,6-9,11-12,21H2,1H3;2*1H. The highest BCUT2D eigenvalue weighted by Crippen LogP contribution is 2.18. The van der Waals surface area contributed by atoms with Crippen molar-refractivity contribution in [2.75, 3.05) is 26.2 Å². The lowest BCUT2D eigenvalue weighted by Gasteiger charge is -2.33. The zero-order chi connectivity index (χ0) is 19.5. The van der Waals surface area contributed by atoms with Crippen LogP contribution in [-0.2, 0) is 13.1 Å². The van der Waals surface area contributed by atoms with E-state index < -0.39 is 0 Å². The predicted molar refractivity (Wildman–Crippen MR) is 117 cm³/mol. The van der Waals surface area contributed by atoms with Crippen molar-refractivity contribution in [3.8, 4) is 11.4 Å². The lowest BCUT2D eigenvalue weighted by molar-refractivity contribution is 0.0614. The van der Waals surface area contributed by atoms with Gasteiger partial charge in [0.1, 0.15) is 12.0 Å². The molecule has 1 aliphatic heterocycles. The number of aryl methyl sites for hydroxylation is 1. The molecule has 3 aromatic rings. The van der Waals surface area contributed by atoms with E-state index in [1.807, 2.05) is 36.1 Å². The zero-order valence-electron chi connectivity index (χ0n) is 16.6. The summed E-state index contributed by atoms with van der Waals surface area (Å²) < 4.78 is 10.7. The molecule has 0 aliphatic carbocycles. The minimum absolute atomic E-state index is 0. The van der Waals surface area contributed by atoms with Gasteiger partial charge < -0.3 is 19.6 Å². The fraction of sp³-hybridized carbons (Fsp3) is 0.350. The number of carbonyl (C=O) groups excluding carboxylic acids is 1. The minimum Gasteiger partial charge on any atom is -0.467 e. The summed E-state index contributed by atoms with van der Waals surface area (Å²) in [5, 5.41) is 4.08. The van der Waals surface area contributed by atoms with Gasteiger partial charge in [0, 0.05) is 31.7 Å². The topological polar surface area (TPSA) is 102 Å². The molecule has 8 nitrogen and oxygen atoms in total. The van der Waals surface area contributed by atoms with Gasteiger partial charge in [0.2, 0.25) is 11.7 Å². The third-order valence-electron chi connectivity index (χ3n) is 4.90. The van der Waals surface area contributed by atoms with E-state index in [2.05, 4.69) is 15.0 Å². The second kappa shape index (κ2) is 10.6. The molecule has 0 spiro atoms. The van der Waals surface area contributed by atoms with Crippen molar-refractivity contribution in [3.05, 3.63) is 59.4 Å². The molecule has 0 unspecified atom stereocenters. The van der Waals surface area contributed by atoms with Crippen molar-refractivity contribution in [1.82, 2.24) is 19.9 Å². The van der Waals surface area contributed by atoms with Crippen LogP contribution in [0.5, 0.6) is 0 Å². The van der Waals surface area contributed by atoms with Crippen LogP contribution in [0.25, 0.3) is 11.4 Å². The molecule has 1 saturated heterocycles. The molecule has 2 aromatic heterocycles. The van der Waals surface area contributed by atoms with Gasteiger partial charge >= 0.3 is 0 Å². The maximum atomic E-state index is 12.5. The maximum absolute atomic E-state index is 12.5. The first-order valence-corrected chi connectivity index (χ1v) is 9.31. The molecule has 1 aromatic carbocycles. The molecular formula is C20H25Cl2N5O3. The monoisotopic (exact) mass is 453 g/mol. The lowest BCUT2D eigenvalue weighted by Crippen LogP contribution is -2.48. The average molecular weight is 454 g/mol. The summed E-state index contributed by atoms with van der Waals surface area (Å²) in [6, 6.07) is 9.73. The van der Waals surface area contributed by atoms with Gasteiger partial charge in [-0.1, -0.05) is 35.0 Å². The van der Waals surface area contributed by atoms with Crippen molar-refractivity contribution in [3.63, 3.8) is 0 Å². The van der Waals surface area contributed by atoms with E-state index >= 15 is 0 Å². The highest BCUT2D eigenvalue weighted by molar-refractivity contribution is 5.94. The first-order valence-electron chi connectivity index (χ1n) is 9.31. The number of nitrogens with zero attached hydrogens (tertiary/aromatic N) is 4. The molecule has 3 heterocycles. The van der Waals surface area contributed by atoms with Crippen molar-refractivity contribution >= 4 is 30.7 Å². The van der Waals surface area contributed by atoms with E-state index in [9.17, 15) is 4.79 Å². The van der Waals surface area contributed by atoms with Crippen molar-refractivity contribution in [1.29, 1.82) is 0 Å². The molecule has 0 radical (unpaired) electrons. The summed E-state index contributed by atoms with van der Waals surface area (Å²) in [4.78, 5) is 21.1. The average Bonchev–Trinajstić information content (AvgIpc) is 3.38. The Bertz CT molecular complexity index is 950. The van der Waals surface area contributed by atoms with Crippen LogP contribution in [0.15, 0.2) is 45.5 Å². The second-order valence-corrected chi connectivity index (χ2v) is 6.95. The van der Waals surface area contributed by atoms with Gasteiger partial charge in [0.05, 0.1) is 18.7 Å². The third-order valence-corrected chi connectivity index (χ3v) is 4.90. The number of aromatic nitrogens is 2. The Balaban J connectivity index is 0.00000160. The molecule has 1 fully saturated rings. The van der Waals surface area contributed by atoms with Crippen molar-refractivity contribution in [2.24, 2.45) is 5.73 Å². The Hall–Kier alpha value is -2.39. The van der Waals surface area contributed by atoms with Gasteiger partial charge in [-0.25, -0.2) is 0 Å². The van der Waals surface area contributed by atoms with E-state index in [1.54, 1.807) is 6.07 Å². The number of benzene rings is 1. The van der Waals surface area contributed by atoms with Gasteiger partial charge in [0.15, 0.2) is 0 Å². The van der Waals surface area contributed by atoms with Gasteiger partial charge in [-0.2, -0.15) is 4.98 Å². The normalized spacial score (nSPS) is 14.1. The van der Waals surface area contributed by atoms with Gasteiger partial charge in [-0.05, 0) is 13.0 Å². The van der Waals surface area contributed by atoms with Gasteiger partial charge in [0.25, 0.3) is 5.91 Å². The Morgan fingerprint density at radius 1 is 1.13 bits per heavy atom. The Morgan fingerprint density at radius 3 is 2.47 bits per heavy atom. The molecule has 0 bridgehead atoms. The van der Waals surface area contributed by atoms with E-state index in [-0.39, 0.29) is 37.3 Å². The number of hydrogen-bond acceptors (Lipinski definition) is 7. The molecule has 30 heavy (non-hydrogen) atoms. The fourth-order valence-corrected chi connectivity index (χ4v) is 3.22. The van der Waals surface area contributed by atoms with Crippen LogP contribution >= 0.6 is 24.8 Å². The summed E-state index contributed by atoms with van der Waals surface area (Å²) >= 11 is 0. The number of furan rings is 1. The molecule has 2 N–H and O–H groups in total. The largest absolute Gasteiger partial charge is 0.467 e. The molecule has 0 atom stereocenters. The molecule has 0 saturated carbocycles. The van der Waals surface area contributed by atoms with Crippen LogP contribution in [0.2, 0.25) is 0 Å². The highest BCUT2D eigenvalue weighted by Gasteiger charge is 2.24. The molecule has 10 heteroatoms. The Kier molecular flexibility index (Phi) is 8.43. The number of nitrogens with two attached hydrogens (primary N) is 1. The number of hydrogen-bond donors (Lipinski definition) is 1. The predicted octanol–water partition coefficient (Wildman–Crippen LogP) is 2.90. The second-order valence-electron chi connectivity index (χ2n) is 6.95. The Morgan fingerprint density at radius 2 is 1.83 bits per heavy atom.